The predicted molar refractivity (Wildman–Crippen MR) is 124 cm³/mol. The zero-order valence-corrected chi connectivity index (χ0v) is 17.6. The van der Waals surface area contributed by atoms with Crippen molar-refractivity contribution in [2.24, 2.45) is 5.92 Å². The van der Waals surface area contributed by atoms with Gasteiger partial charge in [0.05, 0.1) is 0 Å². The van der Waals surface area contributed by atoms with Crippen LogP contribution in [0.15, 0.2) is 54.7 Å². The molecule has 4 N–H and O–H groups in total. The second-order valence-electron chi connectivity index (χ2n) is 8.36. The number of nitrogens with zero attached hydrogens (tertiary/aromatic N) is 1. The smallest absolute Gasteiger partial charge is 0.239 e. The summed E-state index contributed by atoms with van der Waals surface area (Å²) in [5.74, 6) is 0.852. The van der Waals surface area contributed by atoms with Crippen molar-refractivity contribution in [2.45, 2.75) is 38.6 Å². The fourth-order valence-corrected chi connectivity index (χ4v) is 4.45. The van der Waals surface area contributed by atoms with Crippen molar-refractivity contribution in [1.29, 1.82) is 0 Å². The van der Waals surface area contributed by atoms with Crippen molar-refractivity contribution in [3.05, 3.63) is 54.7 Å². The fraction of sp³-hybridized carbons (Fsp3) is 0.400. The first-order valence-electron chi connectivity index (χ1n) is 11.1. The second-order valence-corrected chi connectivity index (χ2v) is 8.36. The molecule has 158 valence electrons. The molecule has 1 saturated carbocycles. The maximum atomic E-state index is 12.4. The minimum atomic E-state index is 0.0385. The van der Waals surface area contributed by atoms with Gasteiger partial charge in [0.1, 0.15) is 6.54 Å². The maximum Gasteiger partial charge on any atom is 0.239 e. The third-order valence-corrected chi connectivity index (χ3v) is 6.14. The van der Waals surface area contributed by atoms with Gasteiger partial charge in [0.25, 0.3) is 0 Å². The van der Waals surface area contributed by atoms with Crippen LogP contribution in [-0.4, -0.2) is 30.1 Å². The lowest BCUT2D eigenvalue weighted by atomic mass is 9.89. The number of nitrogens with one attached hydrogen (secondary N) is 2. The van der Waals surface area contributed by atoms with E-state index >= 15 is 0 Å². The van der Waals surface area contributed by atoms with E-state index in [0.717, 1.165) is 46.7 Å². The fourth-order valence-electron chi connectivity index (χ4n) is 4.45. The molecule has 1 amide bonds. The van der Waals surface area contributed by atoms with Gasteiger partial charge in [0, 0.05) is 36.1 Å². The van der Waals surface area contributed by atoms with Crippen LogP contribution < -0.4 is 16.4 Å². The molecule has 0 radical (unpaired) electrons. The standard InChI is InChI=1S/C25H32N4O/c26-23-9-5-4-8-22(23)21-11-10-20-12-15-29(24(20)16-21)18-25(30)28-14-13-27-17-19-6-2-1-3-7-19/h4-5,8-12,15-16,19,27H,1-3,6-7,13-14,17-18,26H2,(H,28,30). The van der Waals surface area contributed by atoms with Crippen LogP contribution in [0.1, 0.15) is 32.1 Å². The third-order valence-electron chi connectivity index (χ3n) is 6.14. The summed E-state index contributed by atoms with van der Waals surface area (Å²) >= 11 is 0. The number of para-hydroxylation sites is 1. The van der Waals surface area contributed by atoms with Crippen molar-refractivity contribution in [3.63, 3.8) is 0 Å². The van der Waals surface area contributed by atoms with Gasteiger partial charge < -0.3 is 20.9 Å². The topological polar surface area (TPSA) is 72.1 Å². The van der Waals surface area contributed by atoms with Crippen molar-refractivity contribution in [3.8, 4) is 11.1 Å². The SMILES string of the molecule is Nc1ccccc1-c1ccc2ccn(CC(=O)NCCNCC3CCCCC3)c2c1. The molecule has 4 rings (SSSR count). The number of amides is 1. The van der Waals surface area contributed by atoms with Gasteiger partial charge in [0.15, 0.2) is 0 Å². The number of carbonyl (C=O) groups is 1. The number of anilines is 1. The molecule has 1 aliphatic carbocycles. The Morgan fingerprint density at radius 2 is 1.87 bits per heavy atom. The van der Waals surface area contributed by atoms with Crippen LogP contribution in [0.3, 0.4) is 0 Å². The van der Waals surface area contributed by atoms with Gasteiger partial charge >= 0.3 is 0 Å². The highest BCUT2D eigenvalue weighted by molar-refractivity contribution is 5.89. The average molecular weight is 405 g/mol. The zero-order chi connectivity index (χ0) is 20.8. The summed E-state index contributed by atoms with van der Waals surface area (Å²) in [4.78, 5) is 12.4. The van der Waals surface area contributed by atoms with Crippen LogP contribution in [0.25, 0.3) is 22.0 Å². The molecule has 5 nitrogen and oxygen atoms in total. The molecular weight excluding hydrogens is 372 g/mol. The van der Waals surface area contributed by atoms with E-state index in [-0.39, 0.29) is 5.91 Å². The van der Waals surface area contributed by atoms with Crippen LogP contribution in [-0.2, 0) is 11.3 Å². The highest BCUT2D eigenvalue weighted by Gasteiger charge is 2.12. The summed E-state index contributed by atoms with van der Waals surface area (Å²) in [6.45, 7) is 2.88. The molecule has 0 saturated heterocycles. The summed E-state index contributed by atoms with van der Waals surface area (Å²) in [5, 5.41) is 7.65. The zero-order valence-electron chi connectivity index (χ0n) is 17.6. The summed E-state index contributed by atoms with van der Waals surface area (Å²) in [6.07, 6.45) is 8.79. The van der Waals surface area contributed by atoms with E-state index in [0.29, 0.717) is 13.1 Å². The first kappa shape index (κ1) is 20.5. The van der Waals surface area contributed by atoms with E-state index in [1.807, 2.05) is 41.1 Å². The summed E-state index contributed by atoms with van der Waals surface area (Å²) in [5.41, 5.74) is 10.0. The van der Waals surface area contributed by atoms with Gasteiger partial charge in [0.2, 0.25) is 5.91 Å². The Hall–Kier alpha value is -2.79. The lowest BCUT2D eigenvalue weighted by molar-refractivity contribution is -0.121. The molecule has 3 aromatic rings. The Morgan fingerprint density at radius 1 is 1.03 bits per heavy atom. The number of hydrogen-bond acceptors (Lipinski definition) is 3. The first-order valence-corrected chi connectivity index (χ1v) is 11.1. The monoisotopic (exact) mass is 404 g/mol. The number of benzene rings is 2. The van der Waals surface area contributed by atoms with Gasteiger partial charge in [-0.1, -0.05) is 49.6 Å². The Balaban J connectivity index is 1.31. The molecule has 0 spiro atoms. The van der Waals surface area contributed by atoms with Crippen LogP contribution in [0.5, 0.6) is 0 Å². The van der Waals surface area contributed by atoms with Gasteiger partial charge in [-0.25, -0.2) is 0 Å². The molecule has 2 aromatic carbocycles. The van der Waals surface area contributed by atoms with Crippen LogP contribution in [0, 0.1) is 5.92 Å². The maximum absolute atomic E-state index is 12.4. The number of hydrogen-bond donors (Lipinski definition) is 3. The molecule has 1 fully saturated rings. The first-order chi connectivity index (χ1) is 14.7. The van der Waals surface area contributed by atoms with Gasteiger partial charge in [-0.2, -0.15) is 0 Å². The lowest BCUT2D eigenvalue weighted by Crippen LogP contribution is -2.35. The highest BCUT2D eigenvalue weighted by atomic mass is 16.1. The lowest BCUT2D eigenvalue weighted by Gasteiger charge is -2.21. The van der Waals surface area contributed by atoms with Gasteiger partial charge in [-0.05, 0) is 54.5 Å². The van der Waals surface area contributed by atoms with Gasteiger partial charge in [-0.3, -0.25) is 4.79 Å². The third kappa shape index (κ3) is 5.03. The normalized spacial score (nSPS) is 14.8. The van der Waals surface area contributed by atoms with E-state index in [4.69, 9.17) is 5.73 Å². The van der Waals surface area contributed by atoms with E-state index in [9.17, 15) is 4.79 Å². The molecule has 0 atom stereocenters. The summed E-state index contributed by atoms with van der Waals surface area (Å²) in [6, 6.07) is 16.2. The molecule has 0 unspecified atom stereocenters. The quantitative estimate of drug-likeness (QED) is 0.390. The molecule has 5 heteroatoms. The Labute approximate surface area is 178 Å². The second kappa shape index (κ2) is 9.81. The molecule has 30 heavy (non-hydrogen) atoms. The van der Waals surface area contributed by atoms with E-state index in [2.05, 4.69) is 28.8 Å². The largest absolute Gasteiger partial charge is 0.398 e. The summed E-state index contributed by atoms with van der Waals surface area (Å²) in [7, 11) is 0. The number of fused-ring (bicyclic) bond motifs is 1. The molecule has 1 heterocycles. The molecule has 0 bridgehead atoms. The van der Waals surface area contributed by atoms with E-state index in [1.165, 1.54) is 32.1 Å². The number of rotatable bonds is 8. The molecule has 0 aliphatic heterocycles. The Bertz CT molecular complexity index is 988. The minimum absolute atomic E-state index is 0.0385. The number of aromatic nitrogens is 1. The van der Waals surface area contributed by atoms with Crippen LogP contribution in [0.4, 0.5) is 5.69 Å². The van der Waals surface area contributed by atoms with E-state index < -0.39 is 0 Å². The summed E-state index contributed by atoms with van der Waals surface area (Å²) < 4.78 is 2.00. The molecular formula is C25H32N4O. The number of carbonyl (C=O) groups excluding carboxylic acids is 1. The van der Waals surface area contributed by atoms with Crippen molar-refractivity contribution in [1.82, 2.24) is 15.2 Å². The van der Waals surface area contributed by atoms with Crippen LogP contribution in [0.2, 0.25) is 0 Å². The van der Waals surface area contributed by atoms with E-state index in [1.54, 1.807) is 0 Å². The molecule has 1 aromatic heterocycles. The minimum Gasteiger partial charge on any atom is -0.398 e. The number of nitrogens with two attached hydrogens (primary N) is 1. The van der Waals surface area contributed by atoms with Crippen molar-refractivity contribution >= 4 is 22.5 Å². The molecule has 1 aliphatic rings. The van der Waals surface area contributed by atoms with Crippen LogP contribution >= 0.6 is 0 Å². The van der Waals surface area contributed by atoms with Crippen molar-refractivity contribution < 1.29 is 4.79 Å². The van der Waals surface area contributed by atoms with Crippen molar-refractivity contribution in [2.75, 3.05) is 25.4 Å². The highest BCUT2D eigenvalue weighted by Crippen LogP contribution is 2.29. The Morgan fingerprint density at radius 3 is 2.70 bits per heavy atom. The average Bonchev–Trinajstić information content (AvgIpc) is 3.16. The predicted octanol–water partition coefficient (Wildman–Crippen LogP) is 4.18. The Kier molecular flexibility index (Phi) is 6.70. The number of nitrogen functional groups attached to an aromatic ring is 1. The van der Waals surface area contributed by atoms with Gasteiger partial charge in [-0.15, -0.1) is 0 Å².